The zero-order valence-corrected chi connectivity index (χ0v) is 19.1. The van der Waals surface area contributed by atoms with Crippen LogP contribution in [0.15, 0.2) is 60.9 Å². The van der Waals surface area contributed by atoms with Crippen molar-refractivity contribution in [2.24, 2.45) is 5.92 Å². The predicted molar refractivity (Wildman–Crippen MR) is 132 cm³/mol. The van der Waals surface area contributed by atoms with E-state index in [0.29, 0.717) is 5.56 Å². The molecule has 6 rings (SSSR count). The van der Waals surface area contributed by atoms with E-state index in [0.717, 1.165) is 40.8 Å². The molecule has 164 valence electrons. The first-order valence-electron chi connectivity index (χ1n) is 11.8. The lowest BCUT2D eigenvalue weighted by Crippen LogP contribution is -2.46. The van der Waals surface area contributed by atoms with E-state index in [2.05, 4.69) is 64.4 Å². The summed E-state index contributed by atoms with van der Waals surface area (Å²) < 4.78 is 4.61. The molecule has 0 aliphatic carbocycles. The van der Waals surface area contributed by atoms with Crippen LogP contribution in [-0.2, 0) is 6.54 Å². The topological polar surface area (TPSA) is 49.8 Å². The third kappa shape index (κ3) is 3.25. The van der Waals surface area contributed by atoms with Gasteiger partial charge in [-0.1, -0.05) is 25.5 Å². The van der Waals surface area contributed by atoms with Gasteiger partial charge in [0.25, 0.3) is 0 Å². The number of benzene rings is 2. The molecule has 0 unspecified atom stereocenters. The molecule has 4 heterocycles. The van der Waals surface area contributed by atoms with Gasteiger partial charge in [-0.15, -0.1) is 0 Å². The molecule has 0 spiro atoms. The molecule has 2 aromatic carbocycles. The average Bonchev–Trinajstić information content (AvgIpc) is 3.36. The Kier molecular flexibility index (Phi) is 4.62. The summed E-state index contributed by atoms with van der Waals surface area (Å²) in [7, 11) is 0. The maximum atomic E-state index is 9.12. The smallest absolute Gasteiger partial charge is 0.161 e. The highest BCUT2D eigenvalue weighted by Crippen LogP contribution is 2.37. The zero-order chi connectivity index (χ0) is 22.5. The van der Waals surface area contributed by atoms with E-state index in [4.69, 9.17) is 10.2 Å². The van der Waals surface area contributed by atoms with Gasteiger partial charge in [-0.25, -0.2) is 4.98 Å². The van der Waals surface area contributed by atoms with E-state index in [-0.39, 0.29) is 0 Å². The molecule has 2 aliphatic heterocycles. The van der Waals surface area contributed by atoms with E-state index in [1.54, 1.807) is 0 Å². The summed E-state index contributed by atoms with van der Waals surface area (Å²) in [6.45, 7) is 7.54. The van der Waals surface area contributed by atoms with Crippen LogP contribution < -0.4 is 4.90 Å². The molecule has 1 saturated heterocycles. The Morgan fingerprint density at radius 3 is 2.64 bits per heavy atom. The SMILES string of the molecule is CCCC1CN(c2ccc3c(c2)Cn2cc(-c4ccc(C#N)cc4)cc2-c2ncc(C)n2-3)C1. The summed E-state index contributed by atoms with van der Waals surface area (Å²) in [5, 5.41) is 9.12. The largest absolute Gasteiger partial charge is 0.371 e. The number of aromatic nitrogens is 3. The quantitative estimate of drug-likeness (QED) is 0.361. The molecule has 0 radical (unpaired) electrons. The van der Waals surface area contributed by atoms with Crippen LogP contribution in [0.2, 0.25) is 0 Å². The molecule has 2 aromatic heterocycles. The molecule has 2 aliphatic rings. The molecule has 5 nitrogen and oxygen atoms in total. The highest BCUT2D eigenvalue weighted by atomic mass is 15.2. The Balaban J connectivity index is 1.41. The summed E-state index contributed by atoms with van der Waals surface area (Å²) in [5.74, 6) is 1.81. The number of nitriles is 1. The van der Waals surface area contributed by atoms with Gasteiger partial charge in [-0.05, 0) is 66.8 Å². The second-order valence-electron chi connectivity index (χ2n) is 9.36. The zero-order valence-electron chi connectivity index (χ0n) is 19.1. The van der Waals surface area contributed by atoms with Crippen molar-refractivity contribution in [3.63, 3.8) is 0 Å². The molecule has 0 saturated carbocycles. The summed E-state index contributed by atoms with van der Waals surface area (Å²) in [6, 6.07) is 19.1. The van der Waals surface area contributed by atoms with Crippen LogP contribution in [0.5, 0.6) is 0 Å². The van der Waals surface area contributed by atoms with Gasteiger partial charge in [0.05, 0.1) is 23.0 Å². The van der Waals surface area contributed by atoms with Crippen molar-refractivity contribution in [1.82, 2.24) is 14.1 Å². The van der Waals surface area contributed by atoms with E-state index < -0.39 is 0 Å². The number of hydrogen-bond donors (Lipinski definition) is 0. The number of hydrogen-bond acceptors (Lipinski definition) is 3. The fourth-order valence-electron chi connectivity index (χ4n) is 5.31. The Morgan fingerprint density at radius 2 is 1.88 bits per heavy atom. The Morgan fingerprint density at radius 1 is 1.06 bits per heavy atom. The van der Waals surface area contributed by atoms with Crippen molar-refractivity contribution in [3.05, 3.63) is 77.7 Å². The van der Waals surface area contributed by atoms with Crippen molar-refractivity contribution in [1.29, 1.82) is 5.26 Å². The second-order valence-corrected chi connectivity index (χ2v) is 9.36. The van der Waals surface area contributed by atoms with Gasteiger partial charge in [0.1, 0.15) is 0 Å². The minimum Gasteiger partial charge on any atom is -0.371 e. The van der Waals surface area contributed by atoms with Crippen molar-refractivity contribution < 1.29 is 0 Å². The average molecular weight is 434 g/mol. The van der Waals surface area contributed by atoms with Crippen LogP contribution in [0.1, 0.15) is 36.6 Å². The van der Waals surface area contributed by atoms with Crippen molar-refractivity contribution >= 4 is 5.69 Å². The molecule has 0 bridgehead atoms. The first-order valence-corrected chi connectivity index (χ1v) is 11.8. The molecular weight excluding hydrogens is 406 g/mol. The first-order chi connectivity index (χ1) is 16.1. The Labute approximate surface area is 194 Å². The maximum absolute atomic E-state index is 9.12. The minimum absolute atomic E-state index is 0.680. The molecule has 4 aromatic rings. The van der Waals surface area contributed by atoms with E-state index in [1.807, 2.05) is 30.5 Å². The monoisotopic (exact) mass is 433 g/mol. The van der Waals surface area contributed by atoms with Gasteiger partial charge in [-0.2, -0.15) is 5.26 Å². The van der Waals surface area contributed by atoms with Crippen LogP contribution in [0.4, 0.5) is 5.69 Å². The fraction of sp³-hybridized carbons (Fsp3) is 0.286. The Bertz CT molecular complexity index is 1380. The number of aryl methyl sites for hydroxylation is 1. The number of nitrogens with zero attached hydrogens (tertiary/aromatic N) is 5. The van der Waals surface area contributed by atoms with Gasteiger partial charge in [0.2, 0.25) is 0 Å². The summed E-state index contributed by atoms with van der Waals surface area (Å²) in [6.07, 6.45) is 6.77. The van der Waals surface area contributed by atoms with Gasteiger partial charge in [0, 0.05) is 49.0 Å². The number of rotatable bonds is 4. The van der Waals surface area contributed by atoms with Gasteiger partial charge in [0.15, 0.2) is 5.82 Å². The maximum Gasteiger partial charge on any atom is 0.161 e. The summed E-state index contributed by atoms with van der Waals surface area (Å²) in [4.78, 5) is 7.30. The van der Waals surface area contributed by atoms with Crippen LogP contribution >= 0.6 is 0 Å². The van der Waals surface area contributed by atoms with Crippen molar-refractivity contribution in [2.45, 2.75) is 33.2 Å². The van der Waals surface area contributed by atoms with Gasteiger partial charge in [-0.3, -0.25) is 4.57 Å². The third-order valence-electron chi connectivity index (χ3n) is 7.08. The highest BCUT2D eigenvalue weighted by Gasteiger charge is 2.28. The lowest BCUT2D eigenvalue weighted by molar-refractivity contribution is 0.380. The summed E-state index contributed by atoms with van der Waals surface area (Å²) in [5.41, 5.74) is 9.05. The fourth-order valence-corrected chi connectivity index (χ4v) is 5.31. The number of anilines is 1. The molecule has 0 atom stereocenters. The van der Waals surface area contributed by atoms with Crippen LogP contribution in [-0.4, -0.2) is 27.2 Å². The van der Waals surface area contributed by atoms with E-state index >= 15 is 0 Å². The van der Waals surface area contributed by atoms with Gasteiger partial charge >= 0.3 is 0 Å². The minimum atomic E-state index is 0.680. The number of imidazole rings is 1. The van der Waals surface area contributed by atoms with E-state index in [9.17, 15) is 0 Å². The summed E-state index contributed by atoms with van der Waals surface area (Å²) >= 11 is 0. The van der Waals surface area contributed by atoms with Crippen molar-refractivity contribution in [2.75, 3.05) is 18.0 Å². The standard InChI is InChI=1S/C28H27N5/c1-3-4-21-15-31(16-21)25-9-10-26-24(11-25)18-32-17-23(22-7-5-20(13-29)6-8-22)12-27(32)28-30-14-19(2)33(26)28/h5-12,14,17,21H,3-4,15-16,18H2,1-2H3. The van der Waals surface area contributed by atoms with Gasteiger partial charge < -0.3 is 9.47 Å². The molecule has 1 fully saturated rings. The molecule has 5 heteroatoms. The van der Waals surface area contributed by atoms with E-state index in [1.165, 1.54) is 42.9 Å². The molecule has 0 N–H and O–H groups in total. The first kappa shape index (κ1) is 19.9. The normalized spacial score (nSPS) is 14.6. The van der Waals surface area contributed by atoms with Crippen molar-refractivity contribution in [3.8, 4) is 34.4 Å². The Hall–Kier alpha value is -3.78. The molecule has 33 heavy (non-hydrogen) atoms. The predicted octanol–water partition coefficient (Wildman–Crippen LogP) is 5.79. The van der Waals surface area contributed by atoms with Crippen LogP contribution in [0, 0.1) is 24.2 Å². The van der Waals surface area contributed by atoms with Crippen LogP contribution in [0.25, 0.3) is 28.3 Å². The van der Waals surface area contributed by atoms with Crippen LogP contribution in [0.3, 0.4) is 0 Å². The second kappa shape index (κ2) is 7.67. The lowest BCUT2D eigenvalue weighted by Gasteiger charge is -2.41. The highest BCUT2D eigenvalue weighted by molar-refractivity contribution is 5.73. The molecule has 0 amide bonds. The third-order valence-corrected chi connectivity index (χ3v) is 7.08. The molecular formula is C28H27N5. The number of fused-ring (bicyclic) bond motifs is 5. The lowest BCUT2D eigenvalue weighted by atomic mass is 9.94.